The van der Waals surface area contributed by atoms with Crippen LogP contribution in [0.4, 0.5) is 23.4 Å². The molecule has 178 valence electrons. The van der Waals surface area contributed by atoms with Crippen LogP contribution in [-0.4, -0.2) is 39.2 Å². The van der Waals surface area contributed by atoms with Gasteiger partial charge in [-0.1, -0.05) is 12.1 Å². The first kappa shape index (κ1) is 22.7. The minimum absolute atomic E-state index is 0.00308. The summed E-state index contributed by atoms with van der Waals surface area (Å²) in [6, 6.07) is 10.7. The Kier molecular flexibility index (Phi) is 5.97. The normalized spacial score (nSPS) is 22.7. The van der Waals surface area contributed by atoms with Crippen LogP contribution in [0.5, 0.6) is 0 Å². The van der Waals surface area contributed by atoms with Gasteiger partial charge in [0.1, 0.15) is 11.4 Å². The lowest BCUT2D eigenvalue weighted by molar-refractivity contribution is -0.137. The molecule has 1 saturated carbocycles. The molecule has 34 heavy (non-hydrogen) atoms. The second kappa shape index (κ2) is 8.94. The number of nitrogens with one attached hydrogen (secondary N) is 1. The fraction of sp³-hybridized carbons (Fsp3) is 0.400. The van der Waals surface area contributed by atoms with E-state index < -0.39 is 17.6 Å². The van der Waals surface area contributed by atoms with E-state index in [2.05, 4.69) is 25.4 Å². The Morgan fingerprint density at radius 1 is 1.03 bits per heavy atom. The number of hydrogen-bond acceptors (Lipinski definition) is 5. The number of rotatable bonds is 5. The van der Waals surface area contributed by atoms with Gasteiger partial charge in [-0.25, -0.2) is 4.39 Å². The molecule has 0 bridgehead atoms. The summed E-state index contributed by atoms with van der Waals surface area (Å²) in [6.45, 7) is 4.31. The van der Waals surface area contributed by atoms with E-state index in [1.165, 1.54) is 18.2 Å². The number of pyridine rings is 1. The smallest absolute Gasteiger partial charge is 0.365 e. The van der Waals surface area contributed by atoms with Gasteiger partial charge in [0.05, 0.1) is 11.4 Å². The van der Waals surface area contributed by atoms with Gasteiger partial charge in [0.15, 0.2) is 5.82 Å². The van der Waals surface area contributed by atoms with E-state index in [1.807, 2.05) is 18.2 Å². The van der Waals surface area contributed by atoms with Crippen LogP contribution in [0.25, 0.3) is 11.3 Å². The summed E-state index contributed by atoms with van der Waals surface area (Å²) in [5.74, 6) is 0.0591. The molecule has 2 aliphatic rings. The standard InChI is InChI=1S/C25H25F4N5/c1-15-5-6-18(26)10-21(15)23-11-22(25(27,28)29)24(33-32-23)31-20-8-16-12-34(13-17(16)9-20)14-19-4-2-3-7-30-19/h2-7,10-11,16-17,20H,8-9,12-14H2,1H3,(H,31,33). The second-order valence-electron chi connectivity index (χ2n) is 9.30. The first-order chi connectivity index (χ1) is 16.3. The van der Waals surface area contributed by atoms with Crippen LogP contribution in [0.2, 0.25) is 0 Å². The number of nitrogens with zero attached hydrogens (tertiary/aromatic N) is 4. The van der Waals surface area contributed by atoms with Gasteiger partial charge in [-0.05, 0) is 67.5 Å². The van der Waals surface area contributed by atoms with Gasteiger partial charge in [-0.3, -0.25) is 9.88 Å². The molecule has 0 amide bonds. The van der Waals surface area contributed by atoms with E-state index in [0.29, 0.717) is 23.0 Å². The van der Waals surface area contributed by atoms with Crippen molar-refractivity contribution in [1.82, 2.24) is 20.1 Å². The summed E-state index contributed by atoms with van der Waals surface area (Å²) in [4.78, 5) is 6.75. The molecule has 0 radical (unpaired) electrons. The Balaban J connectivity index is 1.29. The monoisotopic (exact) mass is 471 g/mol. The topological polar surface area (TPSA) is 53.9 Å². The van der Waals surface area contributed by atoms with E-state index in [-0.39, 0.29) is 17.6 Å². The Bertz CT molecular complexity index is 1150. The number of aryl methyl sites for hydroxylation is 1. The first-order valence-electron chi connectivity index (χ1n) is 11.4. The summed E-state index contributed by atoms with van der Waals surface area (Å²) >= 11 is 0. The highest BCUT2D eigenvalue weighted by Crippen LogP contribution is 2.41. The van der Waals surface area contributed by atoms with Crippen LogP contribution in [0.1, 0.15) is 29.7 Å². The predicted molar refractivity (Wildman–Crippen MR) is 120 cm³/mol. The number of halogens is 4. The number of likely N-dealkylation sites (tertiary alicyclic amines) is 1. The second-order valence-corrected chi connectivity index (χ2v) is 9.30. The molecule has 5 nitrogen and oxygen atoms in total. The van der Waals surface area contributed by atoms with Crippen molar-refractivity contribution in [2.75, 3.05) is 18.4 Å². The molecule has 2 aromatic heterocycles. The van der Waals surface area contributed by atoms with Crippen LogP contribution >= 0.6 is 0 Å². The summed E-state index contributed by atoms with van der Waals surface area (Å²) in [6.07, 6.45) is -1.26. The van der Waals surface area contributed by atoms with Crippen molar-refractivity contribution in [1.29, 1.82) is 0 Å². The van der Waals surface area contributed by atoms with Gasteiger partial charge >= 0.3 is 6.18 Å². The zero-order chi connectivity index (χ0) is 23.9. The summed E-state index contributed by atoms with van der Waals surface area (Å²) in [5, 5.41) is 10.9. The van der Waals surface area contributed by atoms with Gasteiger partial charge in [-0.2, -0.15) is 13.2 Å². The Labute approximate surface area is 195 Å². The molecule has 3 aromatic rings. The van der Waals surface area contributed by atoms with Gasteiger partial charge in [0.25, 0.3) is 0 Å². The van der Waals surface area contributed by atoms with Crippen molar-refractivity contribution < 1.29 is 17.6 Å². The van der Waals surface area contributed by atoms with Gasteiger partial charge < -0.3 is 5.32 Å². The van der Waals surface area contributed by atoms with Crippen LogP contribution in [0.3, 0.4) is 0 Å². The van der Waals surface area contributed by atoms with E-state index in [9.17, 15) is 17.6 Å². The molecule has 1 N–H and O–H groups in total. The maximum Gasteiger partial charge on any atom is 0.420 e. The number of aromatic nitrogens is 3. The highest BCUT2D eigenvalue weighted by molar-refractivity contribution is 5.65. The zero-order valence-corrected chi connectivity index (χ0v) is 18.7. The molecule has 1 aliphatic heterocycles. The maximum absolute atomic E-state index is 13.9. The molecule has 2 unspecified atom stereocenters. The molecule has 3 heterocycles. The average Bonchev–Trinajstić information content (AvgIpc) is 3.33. The lowest BCUT2D eigenvalue weighted by Crippen LogP contribution is -2.26. The third-order valence-electron chi connectivity index (χ3n) is 6.85. The molecule has 2 atom stereocenters. The Morgan fingerprint density at radius 3 is 2.47 bits per heavy atom. The molecule has 5 rings (SSSR count). The minimum atomic E-state index is -4.61. The van der Waals surface area contributed by atoms with Crippen molar-refractivity contribution in [2.24, 2.45) is 11.8 Å². The molecule has 2 fully saturated rings. The fourth-order valence-corrected chi connectivity index (χ4v) is 5.27. The van der Waals surface area contributed by atoms with Crippen molar-refractivity contribution in [3.8, 4) is 11.3 Å². The number of benzene rings is 1. The highest BCUT2D eigenvalue weighted by atomic mass is 19.4. The van der Waals surface area contributed by atoms with Gasteiger partial charge in [-0.15, -0.1) is 10.2 Å². The zero-order valence-electron chi connectivity index (χ0n) is 18.7. The van der Waals surface area contributed by atoms with Crippen LogP contribution in [0, 0.1) is 24.6 Å². The number of alkyl halides is 3. The van der Waals surface area contributed by atoms with Gasteiger partial charge in [0.2, 0.25) is 0 Å². The highest BCUT2D eigenvalue weighted by Gasteiger charge is 2.42. The maximum atomic E-state index is 13.9. The van der Waals surface area contributed by atoms with Gasteiger partial charge in [0, 0.05) is 37.4 Å². The summed E-state index contributed by atoms with van der Waals surface area (Å²) in [7, 11) is 0. The van der Waals surface area contributed by atoms with Crippen molar-refractivity contribution >= 4 is 5.82 Å². The quantitative estimate of drug-likeness (QED) is 0.510. The molecule has 1 saturated heterocycles. The Hall–Kier alpha value is -3.07. The number of hydrogen-bond donors (Lipinski definition) is 1. The van der Waals surface area contributed by atoms with Crippen LogP contribution in [0.15, 0.2) is 48.7 Å². The minimum Gasteiger partial charge on any atom is -0.365 e. The average molecular weight is 472 g/mol. The molecular weight excluding hydrogens is 446 g/mol. The lowest BCUT2D eigenvalue weighted by atomic mass is 10.0. The summed E-state index contributed by atoms with van der Waals surface area (Å²) in [5.41, 5.74) is 1.07. The van der Waals surface area contributed by atoms with Crippen molar-refractivity contribution in [2.45, 2.75) is 38.5 Å². The molecule has 0 spiro atoms. The predicted octanol–water partition coefficient (Wildman–Crippen LogP) is 5.33. The molecule has 9 heteroatoms. The van der Waals surface area contributed by atoms with E-state index in [0.717, 1.165) is 44.2 Å². The van der Waals surface area contributed by atoms with Crippen LogP contribution in [-0.2, 0) is 12.7 Å². The lowest BCUT2D eigenvalue weighted by Gasteiger charge is -2.21. The summed E-state index contributed by atoms with van der Waals surface area (Å²) < 4.78 is 55.4. The van der Waals surface area contributed by atoms with E-state index >= 15 is 0 Å². The Morgan fingerprint density at radius 2 is 1.79 bits per heavy atom. The van der Waals surface area contributed by atoms with Crippen LogP contribution < -0.4 is 5.32 Å². The molecule has 1 aliphatic carbocycles. The molecule has 1 aromatic carbocycles. The fourth-order valence-electron chi connectivity index (χ4n) is 5.27. The SMILES string of the molecule is Cc1ccc(F)cc1-c1cc(C(F)(F)F)c(NC2CC3CN(Cc4ccccn4)CC3C2)nn1. The largest absolute Gasteiger partial charge is 0.420 e. The number of fused-ring (bicyclic) bond motifs is 1. The first-order valence-corrected chi connectivity index (χ1v) is 11.4. The van der Waals surface area contributed by atoms with E-state index in [4.69, 9.17) is 0 Å². The molecular formula is C25H25F4N5. The number of anilines is 1. The van der Waals surface area contributed by atoms with Crippen molar-refractivity contribution in [3.63, 3.8) is 0 Å². The third kappa shape index (κ3) is 4.75. The van der Waals surface area contributed by atoms with E-state index in [1.54, 1.807) is 13.1 Å². The third-order valence-corrected chi connectivity index (χ3v) is 6.85. The van der Waals surface area contributed by atoms with Crippen molar-refractivity contribution in [3.05, 3.63) is 71.3 Å².